The molecule has 0 saturated heterocycles. The van der Waals surface area contributed by atoms with Gasteiger partial charge in [-0.15, -0.1) is 0 Å². The average molecular weight is 214 g/mol. The molecule has 2 atom stereocenters. The average Bonchev–Trinajstić information content (AvgIpc) is 2.09. The van der Waals surface area contributed by atoms with Crippen molar-refractivity contribution in [2.45, 2.75) is 32.9 Å². The fourth-order valence-corrected chi connectivity index (χ4v) is 1.84. The molecule has 15 heavy (non-hydrogen) atoms. The lowest BCUT2D eigenvalue weighted by atomic mass is 9.96. The van der Waals surface area contributed by atoms with E-state index >= 15 is 0 Å². The summed E-state index contributed by atoms with van der Waals surface area (Å²) in [6, 6.07) is -0.175. The molecular formula is C11H22N2O2. The predicted molar refractivity (Wildman–Crippen MR) is 60.8 cm³/mol. The van der Waals surface area contributed by atoms with E-state index in [1.165, 1.54) is 6.92 Å². The van der Waals surface area contributed by atoms with Crippen molar-refractivity contribution in [3.05, 3.63) is 0 Å². The van der Waals surface area contributed by atoms with Crippen molar-refractivity contribution in [3.63, 3.8) is 0 Å². The molecule has 0 saturated carbocycles. The van der Waals surface area contributed by atoms with Gasteiger partial charge in [0.2, 0.25) is 0 Å². The van der Waals surface area contributed by atoms with Crippen LogP contribution in [0, 0.1) is 5.92 Å². The van der Waals surface area contributed by atoms with E-state index in [9.17, 15) is 9.59 Å². The summed E-state index contributed by atoms with van der Waals surface area (Å²) in [7, 11) is 3.88. The fraction of sp³-hybridized carbons (Fsp3) is 0.818. The highest BCUT2D eigenvalue weighted by Crippen LogP contribution is 2.10. The van der Waals surface area contributed by atoms with Gasteiger partial charge in [0.25, 0.3) is 0 Å². The first kappa shape index (κ1) is 14.3. The number of ketones is 1. The molecule has 0 aliphatic heterocycles. The number of nitrogens with zero attached hydrogens (tertiary/aromatic N) is 1. The predicted octanol–water partition coefficient (Wildman–Crippen LogP) is 0.319. The van der Waals surface area contributed by atoms with Crippen LogP contribution in [0.25, 0.3) is 0 Å². The second-order valence-electron chi connectivity index (χ2n) is 4.44. The third kappa shape index (κ3) is 5.04. The normalized spacial score (nSPS) is 15.4. The minimum atomic E-state index is -0.288. The monoisotopic (exact) mass is 214 g/mol. The van der Waals surface area contributed by atoms with E-state index in [0.717, 1.165) is 6.29 Å². The lowest BCUT2D eigenvalue weighted by Gasteiger charge is -2.32. The summed E-state index contributed by atoms with van der Waals surface area (Å²) in [5.74, 6) is 0.401. The maximum atomic E-state index is 11.0. The molecule has 0 rings (SSSR count). The fourth-order valence-electron chi connectivity index (χ4n) is 1.84. The summed E-state index contributed by atoms with van der Waals surface area (Å²) in [5, 5.41) is 2.97. The number of carbonyl (C=O) groups is 2. The molecule has 0 spiro atoms. The zero-order valence-electron chi connectivity index (χ0n) is 10.3. The number of hydrogen-bond acceptors (Lipinski definition) is 4. The zero-order valence-corrected chi connectivity index (χ0v) is 10.3. The van der Waals surface area contributed by atoms with Gasteiger partial charge in [0.1, 0.15) is 12.1 Å². The molecule has 0 amide bonds. The molecule has 88 valence electrons. The van der Waals surface area contributed by atoms with Gasteiger partial charge in [0.15, 0.2) is 0 Å². The standard InChI is InChI=1S/C11H22N2O2/c1-8(2)11(13(4)5)10(7-14)12-6-9(3)15/h7-8,10-12H,6H2,1-5H3/t10?,11-/m0/s1. The number of carbonyl (C=O) groups excluding carboxylic acids is 2. The van der Waals surface area contributed by atoms with Crippen molar-refractivity contribution >= 4 is 12.1 Å². The van der Waals surface area contributed by atoms with E-state index in [4.69, 9.17) is 0 Å². The zero-order chi connectivity index (χ0) is 12.0. The lowest BCUT2D eigenvalue weighted by Crippen LogP contribution is -2.52. The first-order chi connectivity index (χ1) is 6.90. The van der Waals surface area contributed by atoms with Gasteiger partial charge < -0.3 is 9.69 Å². The number of likely N-dealkylation sites (N-methyl/N-ethyl adjacent to an activating group) is 1. The van der Waals surface area contributed by atoms with Gasteiger partial charge in [-0.25, -0.2) is 0 Å². The summed E-state index contributed by atoms with van der Waals surface area (Å²) in [5.41, 5.74) is 0. The van der Waals surface area contributed by atoms with E-state index in [1.807, 2.05) is 19.0 Å². The van der Waals surface area contributed by atoms with E-state index in [-0.39, 0.29) is 24.4 Å². The van der Waals surface area contributed by atoms with Gasteiger partial charge in [0.05, 0.1) is 12.6 Å². The maximum absolute atomic E-state index is 11.0. The molecule has 1 unspecified atom stereocenters. The molecule has 4 heteroatoms. The van der Waals surface area contributed by atoms with Gasteiger partial charge in [-0.05, 0) is 26.9 Å². The van der Waals surface area contributed by atoms with Crippen molar-refractivity contribution in [2.75, 3.05) is 20.6 Å². The van der Waals surface area contributed by atoms with Crippen molar-refractivity contribution in [3.8, 4) is 0 Å². The van der Waals surface area contributed by atoms with E-state index in [0.29, 0.717) is 5.92 Å². The highest BCUT2D eigenvalue weighted by molar-refractivity contribution is 5.78. The van der Waals surface area contributed by atoms with Gasteiger partial charge in [-0.3, -0.25) is 10.1 Å². The van der Waals surface area contributed by atoms with Crippen LogP contribution in [0.5, 0.6) is 0 Å². The van der Waals surface area contributed by atoms with Crippen molar-refractivity contribution in [1.82, 2.24) is 10.2 Å². The van der Waals surface area contributed by atoms with Crippen LogP contribution < -0.4 is 5.32 Å². The minimum Gasteiger partial charge on any atom is -0.304 e. The Balaban J connectivity index is 4.45. The largest absolute Gasteiger partial charge is 0.304 e. The summed E-state index contributed by atoms with van der Waals surface area (Å²) in [6.45, 7) is 5.89. The summed E-state index contributed by atoms with van der Waals surface area (Å²) < 4.78 is 0. The molecule has 0 aliphatic rings. The van der Waals surface area contributed by atoms with Crippen LogP contribution in [0.4, 0.5) is 0 Å². The Kier molecular flexibility index (Phi) is 6.36. The summed E-state index contributed by atoms with van der Waals surface area (Å²) in [6.07, 6.45) is 0.883. The Hall–Kier alpha value is -0.740. The molecule has 0 heterocycles. The van der Waals surface area contributed by atoms with Crippen LogP contribution in [0.3, 0.4) is 0 Å². The first-order valence-electron chi connectivity index (χ1n) is 5.24. The molecule has 4 nitrogen and oxygen atoms in total. The van der Waals surface area contributed by atoms with Crippen molar-refractivity contribution < 1.29 is 9.59 Å². The molecule has 1 N–H and O–H groups in total. The third-order valence-electron chi connectivity index (χ3n) is 2.38. The molecule has 0 aliphatic carbocycles. The number of Topliss-reactive ketones (excluding diaryl/α,β-unsaturated/α-hetero) is 1. The van der Waals surface area contributed by atoms with Crippen LogP contribution in [0.15, 0.2) is 0 Å². The van der Waals surface area contributed by atoms with Crippen LogP contribution in [-0.2, 0) is 9.59 Å². The molecule has 0 radical (unpaired) electrons. The van der Waals surface area contributed by atoms with Gasteiger partial charge in [0, 0.05) is 6.04 Å². The quantitative estimate of drug-likeness (QED) is 0.620. The topological polar surface area (TPSA) is 49.4 Å². The maximum Gasteiger partial charge on any atom is 0.143 e. The van der Waals surface area contributed by atoms with E-state index < -0.39 is 0 Å². The van der Waals surface area contributed by atoms with Crippen LogP contribution >= 0.6 is 0 Å². The van der Waals surface area contributed by atoms with Crippen molar-refractivity contribution in [2.24, 2.45) is 5.92 Å². The number of rotatable bonds is 7. The Morgan fingerprint density at radius 3 is 2.20 bits per heavy atom. The second kappa shape index (κ2) is 6.69. The van der Waals surface area contributed by atoms with Crippen LogP contribution in [-0.4, -0.2) is 49.7 Å². The summed E-state index contributed by atoms with van der Waals surface area (Å²) >= 11 is 0. The SMILES string of the molecule is CC(=O)CNC(C=O)[C@H](C(C)C)N(C)C. The number of hydrogen-bond donors (Lipinski definition) is 1. The van der Waals surface area contributed by atoms with E-state index in [1.54, 1.807) is 0 Å². The molecule has 0 aromatic heterocycles. The van der Waals surface area contributed by atoms with Crippen LogP contribution in [0.2, 0.25) is 0 Å². The molecular weight excluding hydrogens is 192 g/mol. The Morgan fingerprint density at radius 1 is 1.40 bits per heavy atom. The Bertz CT molecular complexity index is 207. The number of nitrogens with one attached hydrogen (secondary N) is 1. The highest BCUT2D eigenvalue weighted by Gasteiger charge is 2.25. The summed E-state index contributed by atoms with van der Waals surface area (Å²) in [4.78, 5) is 23.8. The lowest BCUT2D eigenvalue weighted by molar-refractivity contribution is -0.116. The van der Waals surface area contributed by atoms with Gasteiger partial charge >= 0.3 is 0 Å². The second-order valence-corrected chi connectivity index (χ2v) is 4.44. The van der Waals surface area contributed by atoms with Gasteiger partial charge in [-0.2, -0.15) is 0 Å². The Labute approximate surface area is 92.0 Å². The molecule has 0 fully saturated rings. The molecule has 0 aromatic carbocycles. The van der Waals surface area contributed by atoms with Crippen molar-refractivity contribution in [1.29, 1.82) is 0 Å². The third-order valence-corrected chi connectivity index (χ3v) is 2.38. The number of aldehydes is 1. The highest BCUT2D eigenvalue weighted by atomic mass is 16.1. The smallest absolute Gasteiger partial charge is 0.143 e. The van der Waals surface area contributed by atoms with Gasteiger partial charge in [-0.1, -0.05) is 13.8 Å². The van der Waals surface area contributed by atoms with E-state index in [2.05, 4.69) is 19.2 Å². The molecule has 0 bridgehead atoms. The first-order valence-corrected chi connectivity index (χ1v) is 5.24. The minimum absolute atomic E-state index is 0.0445. The van der Waals surface area contributed by atoms with Crippen LogP contribution in [0.1, 0.15) is 20.8 Å². The molecule has 0 aromatic rings. The Morgan fingerprint density at radius 2 is 1.93 bits per heavy atom.